The van der Waals surface area contributed by atoms with E-state index in [-0.39, 0.29) is 0 Å². The molecular weight excluding hydrogens is 352 g/mol. The Labute approximate surface area is 167 Å². The smallest absolute Gasteiger partial charge is 0.229 e. The molecule has 0 unspecified atom stereocenters. The molecule has 28 heavy (non-hydrogen) atoms. The number of para-hydroxylation sites is 1. The second-order valence-corrected chi connectivity index (χ2v) is 8.10. The van der Waals surface area contributed by atoms with Crippen LogP contribution in [0.5, 0.6) is 11.6 Å². The van der Waals surface area contributed by atoms with Crippen LogP contribution in [0.4, 0.5) is 5.95 Å². The molecule has 0 N–H and O–H groups in total. The molecule has 4 rings (SSSR count). The first-order valence-electron chi connectivity index (χ1n) is 10.3. The topological polar surface area (TPSA) is 50.7 Å². The summed E-state index contributed by atoms with van der Waals surface area (Å²) >= 11 is 0. The van der Waals surface area contributed by atoms with Crippen LogP contribution in [0, 0.1) is 12.8 Å². The lowest BCUT2D eigenvalue weighted by molar-refractivity contribution is 0.122. The third-order valence-corrected chi connectivity index (χ3v) is 5.31. The molecule has 0 bridgehead atoms. The Kier molecular flexibility index (Phi) is 5.78. The van der Waals surface area contributed by atoms with Gasteiger partial charge in [-0.15, -0.1) is 0 Å². The van der Waals surface area contributed by atoms with E-state index >= 15 is 0 Å². The molecule has 3 heterocycles. The first kappa shape index (κ1) is 19.2. The van der Waals surface area contributed by atoms with Crippen molar-refractivity contribution in [3.05, 3.63) is 41.1 Å². The summed E-state index contributed by atoms with van der Waals surface area (Å²) in [6.45, 7) is 12.6. The Morgan fingerprint density at radius 3 is 2.64 bits per heavy atom. The van der Waals surface area contributed by atoms with Crippen molar-refractivity contribution in [3.8, 4) is 11.6 Å². The number of benzene rings is 1. The molecule has 1 aromatic heterocycles. The molecule has 6 heteroatoms. The van der Waals surface area contributed by atoms with E-state index in [9.17, 15) is 0 Å². The molecular formula is C22H30N4O2. The van der Waals surface area contributed by atoms with E-state index in [2.05, 4.69) is 36.6 Å². The van der Waals surface area contributed by atoms with E-state index < -0.39 is 0 Å². The van der Waals surface area contributed by atoms with Gasteiger partial charge < -0.3 is 14.4 Å². The number of anilines is 1. The van der Waals surface area contributed by atoms with Crippen molar-refractivity contribution in [1.82, 2.24) is 14.9 Å². The number of aryl methyl sites for hydroxylation is 1. The Morgan fingerprint density at radius 2 is 1.89 bits per heavy atom. The van der Waals surface area contributed by atoms with Gasteiger partial charge in [-0.1, -0.05) is 32.0 Å². The van der Waals surface area contributed by atoms with Gasteiger partial charge in [-0.25, -0.2) is 4.98 Å². The van der Waals surface area contributed by atoms with Crippen molar-refractivity contribution in [2.75, 3.05) is 44.3 Å². The number of aromatic nitrogens is 2. The number of fused-ring (bicyclic) bond motifs is 1. The summed E-state index contributed by atoms with van der Waals surface area (Å²) in [5, 5.41) is 0. The lowest BCUT2D eigenvalue weighted by Crippen LogP contribution is -2.39. The highest BCUT2D eigenvalue weighted by Crippen LogP contribution is 2.32. The molecule has 1 aromatic carbocycles. The molecule has 1 fully saturated rings. The molecule has 0 spiro atoms. The average molecular weight is 383 g/mol. The SMILES string of the molecule is Cc1ccccc1Oc1nc(N2CCOCC2)nc2c1CN(CC(C)C)CC2. The van der Waals surface area contributed by atoms with Crippen molar-refractivity contribution < 1.29 is 9.47 Å². The van der Waals surface area contributed by atoms with E-state index in [1.807, 2.05) is 18.2 Å². The molecule has 150 valence electrons. The number of hydrogen-bond donors (Lipinski definition) is 0. The summed E-state index contributed by atoms with van der Waals surface area (Å²) in [5.74, 6) is 2.96. The molecule has 6 nitrogen and oxygen atoms in total. The zero-order valence-corrected chi connectivity index (χ0v) is 17.1. The van der Waals surface area contributed by atoms with Crippen LogP contribution in [0.3, 0.4) is 0 Å². The fourth-order valence-corrected chi connectivity index (χ4v) is 3.86. The second-order valence-electron chi connectivity index (χ2n) is 8.10. The van der Waals surface area contributed by atoms with Gasteiger partial charge in [0, 0.05) is 39.1 Å². The predicted octanol–water partition coefficient (Wildman–Crippen LogP) is 3.43. The summed E-state index contributed by atoms with van der Waals surface area (Å²) in [5.41, 5.74) is 3.37. The first-order valence-corrected chi connectivity index (χ1v) is 10.3. The second kappa shape index (κ2) is 8.45. The van der Waals surface area contributed by atoms with Gasteiger partial charge in [0.05, 0.1) is 24.5 Å². The van der Waals surface area contributed by atoms with Crippen LogP contribution in [-0.4, -0.2) is 54.3 Å². The van der Waals surface area contributed by atoms with Gasteiger partial charge in [-0.3, -0.25) is 4.90 Å². The zero-order valence-electron chi connectivity index (χ0n) is 17.1. The Bertz CT molecular complexity index is 818. The molecule has 0 amide bonds. The quantitative estimate of drug-likeness (QED) is 0.790. The molecule has 0 radical (unpaired) electrons. The van der Waals surface area contributed by atoms with Crippen LogP contribution < -0.4 is 9.64 Å². The van der Waals surface area contributed by atoms with E-state index in [0.717, 1.165) is 80.9 Å². The minimum atomic E-state index is 0.635. The van der Waals surface area contributed by atoms with Crippen molar-refractivity contribution >= 4 is 5.95 Å². The number of ether oxygens (including phenoxy) is 2. The number of morpholine rings is 1. The minimum absolute atomic E-state index is 0.635. The third-order valence-electron chi connectivity index (χ3n) is 5.31. The van der Waals surface area contributed by atoms with Crippen LogP contribution >= 0.6 is 0 Å². The van der Waals surface area contributed by atoms with E-state index in [0.29, 0.717) is 11.8 Å². The van der Waals surface area contributed by atoms with Crippen molar-refractivity contribution in [3.63, 3.8) is 0 Å². The van der Waals surface area contributed by atoms with Gasteiger partial charge in [0.2, 0.25) is 11.8 Å². The highest BCUT2D eigenvalue weighted by molar-refractivity contribution is 5.45. The van der Waals surface area contributed by atoms with E-state index in [4.69, 9.17) is 19.4 Å². The standard InChI is InChI=1S/C22H30N4O2/c1-16(2)14-25-9-8-19-18(15-25)21(28-20-7-5-4-6-17(20)3)24-22(23-19)26-10-12-27-13-11-26/h4-7,16H,8-15H2,1-3H3. The highest BCUT2D eigenvalue weighted by atomic mass is 16.5. The molecule has 1 saturated heterocycles. The molecule has 0 aliphatic carbocycles. The van der Waals surface area contributed by atoms with Crippen molar-refractivity contribution in [1.29, 1.82) is 0 Å². The predicted molar refractivity (Wildman–Crippen MR) is 110 cm³/mol. The molecule has 2 aromatic rings. The largest absolute Gasteiger partial charge is 0.438 e. The van der Waals surface area contributed by atoms with Crippen LogP contribution in [0.2, 0.25) is 0 Å². The number of rotatable bonds is 5. The lowest BCUT2D eigenvalue weighted by Gasteiger charge is -2.32. The molecule has 2 aliphatic heterocycles. The van der Waals surface area contributed by atoms with Gasteiger partial charge in [0.1, 0.15) is 5.75 Å². The van der Waals surface area contributed by atoms with Crippen LogP contribution in [-0.2, 0) is 17.7 Å². The lowest BCUT2D eigenvalue weighted by atomic mass is 10.0. The third kappa shape index (κ3) is 4.28. The van der Waals surface area contributed by atoms with Crippen LogP contribution in [0.1, 0.15) is 30.7 Å². The normalized spacial score (nSPS) is 17.6. The first-order chi connectivity index (χ1) is 13.6. The fourth-order valence-electron chi connectivity index (χ4n) is 3.86. The summed E-state index contributed by atoms with van der Waals surface area (Å²) in [7, 11) is 0. The van der Waals surface area contributed by atoms with Crippen LogP contribution in [0.25, 0.3) is 0 Å². The Morgan fingerprint density at radius 1 is 1.11 bits per heavy atom. The zero-order chi connectivity index (χ0) is 19.5. The van der Waals surface area contributed by atoms with Gasteiger partial charge in [-0.05, 0) is 24.5 Å². The monoisotopic (exact) mass is 382 g/mol. The number of hydrogen-bond acceptors (Lipinski definition) is 6. The minimum Gasteiger partial charge on any atom is -0.438 e. The van der Waals surface area contributed by atoms with Crippen molar-refractivity contribution in [2.45, 2.75) is 33.7 Å². The maximum atomic E-state index is 6.36. The van der Waals surface area contributed by atoms with Gasteiger partial charge >= 0.3 is 0 Å². The molecule has 0 atom stereocenters. The molecule has 2 aliphatic rings. The van der Waals surface area contributed by atoms with E-state index in [1.165, 1.54) is 0 Å². The summed E-state index contributed by atoms with van der Waals surface area (Å²) in [6, 6.07) is 8.11. The summed E-state index contributed by atoms with van der Waals surface area (Å²) in [6.07, 6.45) is 0.937. The number of nitrogens with zero attached hydrogens (tertiary/aromatic N) is 4. The van der Waals surface area contributed by atoms with Crippen LogP contribution in [0.15, 0.2) is 24.3 Å². The highest BCUT2D eigenvalue weighted by Gasteiger charge is 2.26. The maximum Gasteiger partial charge on any atom is 0.229 e. The summed E-state index contributed by atoms with van der Waals surface area (Å²) < 4.78 is 11.8. The Hall–Kier alpha value is -2.18. The van der Waals surface area contributed by atoms with Gasteiger partial charge in [-0.2, -0.15) is 4.98 Å². The maximum absolute atomic E-state index is 6.36. The van der Waals surface area contributed by atoms with E-state index in [1.54, 1.807) is 0 Å². The van der Waals surface area contributed by atoms with Gasteiger partial charge in [0.15, 0.2) is 0 Å². The van der Waals surface area contributed by atoms with Crippen molar-refractivity contribution in [2.24, 2.45) is 5.92 Å². The summed E-state index contributed by atoms with van der Waals surface area (Å²) in [4.78, 5) is 14.5. The Balaban J connectivity index is 1.69. The van der Waals surface area contributed by atoms with Gasteiger partial charge in [0.25, 0.3) is 0 Å². The fraction of sp³-hybridized carbons (Fsp3) is 0.545. The average Bonchev–Trinajstić information content (AvgIpc) is 2.70. The molecule has 0 saturated carbocycles.